The number of aldehydes is 1. The quantitative estimate of drug-likeness (QED) is 0.596. The van der Waals surface area contributed by atoms with Crippen molar-refractivity contribution < 1.29 is 23.5 Å². The number of hydrogen-bond acceptors (Lipinski definition) is 5. The Morgan fingerprint density at radius 3 is 2.94 bits per heavy atom. The molecule has 88 valence electrons. The predicted octanol–water partition coefficient (Wildman–Crippen LogP) is 1.80. The molecule has 0 saturated carbocycles. The van der Waals surface area contributed by atoms with Crippen LogP contribution in [-0.2, 0) is 9.53 Å². The number of esters is 1. The van der Waals surface area contributed by atoms with Crippen molar-refractivity contribution in [3.05, 3.63) is 30.0 Å². The van der Waals surface area contributed by atoms with Gasteiger partial charge in [-0.2, -0.15) is 0 Å². The summed E-state index contributed by atoms with van der Waals surface area (Å²) in [5.74, 6) is 0.147. The second-order valence-corrected chi connectivity index (χ2v) is 3.28. The summed E-state index contributed by atoms with van der Waals surface area (Å²) < 4.78 is 15.0. The Labute approximate surface area is 96.9 Å². The zero-order chi connectivity index (χ0) is 12.3. The molecule has 17 heavy (non-hydrogen) atoms. The number of methoxy groups -OCH3 is 1. The lowest BCUT2D eigenvalue weighted by Crippen LogP contribution is -1.97. The predicted molar refractivity (Wildman–Crippen MR) is 59.1 cm³/mol. The number of carbonyl (C=O) groups excluding carboxylic acids is 2. The molecule has 0 N–H and O–H groups in total. The normalized spacial score (nSPS) is 10.2. The van der Waals surface area contributed by atoms with Crippen LogP contribution in [-0.4, -0.2) is 26.0 Å². The fraction of sp³-hybridized carbons (Fsp3) is 0.167. The first kappa shape index (κ1) is 11.2. The third kappa shape index (κ3) is 2.28. The van der Waals surface area contributed by atoms with Crippen LogP contribution in [0, 0.1) is 0 Å². The zero-order valence-electron chi connectivity index (χ0n) is 9.14. The van der Waals surface area contributed by atoms with E-state index in [-0.39, 0.29) is 12.4 Å². The Balaban J connectivity index is 2.34. The van der Waals surface area contributed by atoms with E-state index in [1.807, 2.05) is 0 Å². The molecule has 5 heteroatoms. The average Bonchev–Trinajstić information content (AvgIpc) is 2.78. The topological polar surface area (TPSA) is 65.7 Å². The van der Waals surface area contributed by atoms with Crippen molar-refractivity contribution in [2.24, 2.45) is 0 Å². The first-order valence-corrected chi connectivity index (χ1v) is 4.93. The molecule has 1 aromatic heterocycles. The highest BCUT2D eigenvalue weighted by Crippen LogP contribution is 2.24. The summed E-state index contributed by atoms with van der Waals surface area (Å²) in [7, 11) is 1.29. The molecule has 1 heterocycles. The number of benzene rings is 1. The van der Waals surface area contributed by atoms with Gasteiger partial charge in [-0.1, -0.05) is 0 Å². The lowest BCUT2D eigenvalue weighted by Gasteiger charge is -2.00. The summed E-state index contributed by atoms with van der Waals surface area (Å²) in [6.45, 7) is -0.00673. The molecule has 0 fully saturated rings. The lowest BCUT2D eigenvalue weighted by atomic mass is 10.2. The Hall–Kier alpha value is -2.30. The maximum absolute atomic E-state index is 11.2. The summed E-state index contributed by atoms with van der Waals surface area (Å²) >= 11 is 0. The van der Waals surface area contributed by atoms with Gasteiger partial charge < -0.3 is 13.9 Å². The van der Waals surface area contributed by atoms with Crippen molar-refractivity contribution in [1.82, 2.24) is 0 Å². The lowest BCUT2D eigenvalue weighted by molar-refractivity contribution is -0.109. The molecule has 0 atom stereocenters. The number of carbonyl (C=O) groups is 2. The van der Waals surface area contributed by atoms with Crippen molar-refractivity contribution >= 4 is 23.2 Å². The Morgan fingerprint density at radius 1 is 1.41 bits per heavy atom. The summed E-state index contributed by atoms with van der Waals surface area (Å²) in [5.41, 5.74) is 0.559. The van der Waals surface area contributed by atoms with Gasteiger partial charge in [-0.05, 0) is 24.3 Å². The molecule has 2 rings (SSSR count). The van der Waals surface area contributed by atoms with Crippen LogP contribution in [0.15, 0.2) is 28.7 Å². The molecule has 0 amide bonds. The van der Waals surface area contributed by atoms with E-state index in [0.29, 0.717) is 23.0 Å². The highest BCUT2D eigenvalue weighted by Gasteiger charge is 2.12. The molecule has 0 bridgehead atoms. The number of rotatable bonds is 4. The van der Waals surface area contributed by atoms with E-state index in [1.54, 1.807) is 24.3 Å². The number of fused-ring (bicyclic) bond motifs is 1. The maximum Gasteiger partial charge on any atom is 0.373 e. The summed E-state index contributed by atoms with van der Waals surface area (Å²) in [4.78, 5) is 21.4. The fourth-order valence-electron chi connectivity index (χ4n) is 1.44. The van der Waals surface area contributed by atoms with Gasteiger partial charge in [-0.15, -0.1) is 0 Å². The van der Waals surface area contributed by atoms with Gasteiger partial charge in [0.1, 0.15) is 17.9 Å². The van der Waals surface area contributed by atoms with Gasteiger partial charge in [-0.25, -0.2) is 4.79 Å². The molecule has 2 aromatic rings. The minimum atomic E-state index is -0.531. The van der Waals surface area contributed by atoms with Gasteiger partial charge in [-0.3, -0.25) is 4.79 Å². The van der Waals surface area contributed by atoms with Crippen LogP contribution in [0.3, 0.4) is 0 Å². The van der Waals surface area contributed by atoms with E-state index >= 15 is 0 Å². The largest absolute Gasteiger partial charge is 0.486 e. The maximum atomic E-state index is 11.2. The first-order valence-electron chi connectivity index (χ1n) is 4.93. The molecular formula is C12H10O5. The smallest absolute Gasteiger partial charge is 0.373 e. The SMILES string of the molecule is COC(=O)c1cc2cc(OCC=O)ccc2o1. The van der Waals surface area contributed by atoms with E-state index in [0.717, 1.165) is 0 Å². The molecule has 0 saturated heterocycles. The van der Waals surface area contributed by atoms with Crippen LogP contribution in [0.4, 0.5) is 0 Å². The number of hydrogen-bond donors (Lipinski definition) is 0. The Morgan fingerprint density at radius 2 is 2.24 bits per heavy atom. The summed E-state index contributed by atoms with van der Waals surface area (Å²) in [6, 6.07) is 6.59. The van der Waals surface area contributed by atoms with Gasteiger partial charge in [0.05, 0.1) is 7.11 Å². The van der Waals surface area contributed by atoms with Crippen molar-refractivity contribution in [2.75, 3.05) is 13.7 Å². The standard InChI is InChI=1S/C12H10O5/c1-15-12(14)11-7-8-6-9(16-5-4-13)2-3-10(8)17-11/h2-4,6-7H,5H2,1H3. The molecule has 0 radical (unpaired) electrons. The van der Waals surface area contributed by atoms with Crippen LogP contribution >= 0.6 is 0 Å². The van der Waals surface area contributed by atoms with Crippen LogP contribution in [0.2, 0.25) is 0 Å². The minimum Gasteiger partial charge on any atom is -0.486 e. The molecule has 1 aromatic carbocycles. The molecule has 0 aliphatic heterocycles. The molecule has 0 aliphatic rings. The summed E-state index contributed by atoms with van der Waals surface area (Å²) in [6.07, 6.45) is 0.666. The van der Waals surface area contributed by atoms with Crippen LogP contribution in [0.5, 0.6) is 5.75 Å². The van der Waals surface area contributed by atoms with Gasteiger partial charge in [0.15, 0.2) is 6.29 Å². The van der Waals surface area contributed by atoms with Crippen LogP contribution in [0.1, 0.15) is 10.6 Å². The highest BCUT2D eigenvalue weighted by atomic mass is 16.5. The van der Waals surface area contributed by atoms with E-state index in [1.165, 1.54) is 7.11 Å². The first-order chi connectivity index (χ1) is 8.24. The van der Waals surface area contributed by atoms with Crippen LogP contribution < -0.4 is 4.74 Å². The third-order valence-corrected chi connectivity index (χ3v) is 2.19. The van der Waals surface area contributed by atoms with Gasteiger partial charge in [0, 0.05) is 5.39 Å². The molecule has 5 nitrogen and oxygen atoms in total. The van der Waals surface area contributed by atoms with E-state index in [2.05, 4.69) is 4.74 Å². The average molecular weight is 234 g/mol. The minimum absolute atomic E-state index is 0.00673. The zero-order valence-corrected chi connectivity index (χ0v) is 9.14. The van der Waals surface area contributed by atoms with Gasteiger partial charge in [0.25, 0.3) is 0 Å². The Bertz CT molecular complexity index is 555. The highest BCUT2D eigenvalue weighted by molar-refractivity contribution is 5.92. The number of furan rings is 1. The third-order valence-electron chi connectivity index (χ3n) is 2.19. The van der Waals surface area contributed by atoms with Crippen molar-refractivity contribution in [3.8, 4) is 5.75 Å². The second-order valence-electron chi connectivity index (χ2n) is 3.28. The van der Waals surface area contributed by atoms with Crippen molar-refractivity contribution in [3.63, 3.8) is 0 Å². The molecule has 0 aliphatic carbocycles. The van der Waals surface area contributed by atoms with E-state index < -0.39 is 5.97 Å². The molecule has 0 spiro atoms. The second kappa shape index (κ2) is 4.69. The summed E-state index contributed by atoms with van der Waals surface area (Å²) in [5, 5.41) is 0.716. The van der Waals surface area contributed by atoms with E-state index in [9.17, 15) is 9.59 Å². The van der Waals surface area contributed by atoms with E-state index in [4.69, 9.17) is 9.15 Å². The number of ether oxygens (including phenoxy) is 2. The monoisotopic (exact) mass is 234 g/mol. The van der Waals surface area contributed by atoms with Crippen molar-refractivity contribution in [2.45, 2.75) is 0 Å². The van der Waals surface area contributed by atoms with Crippen molar-refractivity contribution in [1.29, 1.82) is 0 Å². The molecular weight excluding hydrogens is 224 g/mol. The van der Waals surface area contributed by atoms with Gasteiger partial charge >= 0.3 is 5.97 Å². The fourth-order valence-corrected chi connectivity index (χ4v) is 1.44. The van der Waals surface area contributed by atoms with Gasteiger partial charge in [0.2, 0.25) is 5.76 Å². The molecule has 0 unspecified atom stereocenters. The van der Waals surface area contributed by atoms with Crippen LogP contribution in [0.25, 0.3) is 11.0 Å². The Kier molecular flexibility index (Phi) is 3.09.